The molecule has 12 heavy (non-hydrogen) atoms. The minimum Gasteiger partial charge on any atom is -0.364 e. The van der Waals surface area contributed by atoms with Crippen molar-refractivity contribution < 1.29 is 9.13 Å². The van der Waals surface area contributed by atoms with Gasteiger partial charge in [0.25, 0.3) is 0 Å². The largest absolute Gasteiger partial charge is 0.364 e. The van der Waals surface area contributed by atoms with Crippen LogP contribution in [0.4, 0.5) is 4.39 Å². The molecule has 0 spiro atoms. The smallest absolute Gasteiger partial charge is 0.145 e. The van der Waals surface area contributed by atoms with Gasteiger partial charge in [-0.1, -0.05) is 30.3 Å². The van der Waals surface area contributed by atoms with E-state index in [9.17, 15) is 4.39 Å². The first-order valence-corrected chi connectivity index (χ1v) is 3.57. The number of halogens is 1. The third kappa shape index (κ3) is 2.08. The summed E-state index contributed by atoms with van der Waals surface area (Å²) >= 11 is 0. The molecule has 1 aromatic carbocycles. The molecule has 1 aromatic rings. The Morgan fingerprint density at radius 1 is 1.33 bits per heavy atom. The third-order valence-electron chi connectivity index (χ3n) is 1.52. The van der Waals surface area contributed by atoms with Crippen molar-refractivity contribution in [1.29, 1.82) is 0 Å². The summed E-state index contributed by atoms with van der Waals surface area (Å²) in [5.74, 6) is 2.31. The van der Waals surface area contributed by atoms with Gasteiger partial charge in [-0.05, 0) is 11.5 Å². The van der Waals surface area contributed by atoms with Crippen LogP contribution < -0.4 is 0 Å². The number of rotatable bonds is 2. The molecule has 0 radical (unpaired) electrons. The Morgan fingerprint density at radius 2 is 2.00 bits per heavy atom. The molecule has 1 atom stereocenters. The lowest BCUT2D eigenvalue weighted by Gasteiger charge is -2.06. The van der Waals surface area contributed by atoms with Crippen LogP contribution in [0.1, 0.15) is 11.7 Å². The molecule has 0 aliphatic heterocycles. The molecule has 0 bridgehead atoms. The molecule has 0 saturated carbocycles. The van der Waals surface area contributed by atoms with E-state index in [4.69, 9.17) is 4.74 Å². The second-order valence-corrected chi connectivity index (χ2v) is 2.27. The number of benzene rings is 1. The van der Waals surface area contributed by atoms with Crippen molar-refractivity contribution in [3.05, 3.63) is 35.9 Å². The maximum Gasteiger partial charge on any atom is 0.145 e. The molecular weight excluding hydrogens is 155 g/mol. The van der Waals surface area contributed by atoms with Crippen LogP contribution in [-0.4, -0.2) is 7.11 Å². The molecule has 1 rings (SSSR count). The topological polar surface area (TPSA) is 9.23 Å². The van der Waals surface area contributed by atoms with E-state index in [1.54, 1.807) is 0 Å². The van der Waals surface area contributed by atoms with E-state index in [0.29, 0.717) is 0 Å². The first-order chi connectivity index (χ1) is 5.88. The Bertz CT molecular complexity index is 284. The van der Waals surface area contributed by atoms with Crippen LogP contribution in [0.2, 0.25) is 0 Å². The van der Waals surface area contributed by atoms with E-state index in [1.807, 2.05) is 30.3 Å². The molecule has 0 N–H and O–H groups in total. The fourth-order valence-electron chi connectivity index (χ4n) is 0.956. The Balaban J connectivity index is 2.85. The van der Waals surface area contributed by atoms with Crippen molar-refractivity contribution >= 4 is 0 Å². The van der Waals surface area contributed by atoms with E-state index in [-0.39, 0.29) is 0 Å². The Kier molecular flexibility index (Phi) is 3.31. The third-order valence-corrected chi connectivity index (χ3v) is 1.52. The van der Waals surface area contributed by atoms with Gasteiger partial charge in [-0.15, -0.1) is 4.39 Å². The van der Waals surface area contributed by atoms with Gasteiger partial charge in [-0.25, -0.2) is 0 Å². The number of methoxy groups -OCH3 is 1. The van der Waals surface area contributed by atoms with Crippen molar-refractivity contribution in [1.82, 2.24) is 0 Å². The molecule has 0 saturated heterocycles. The second-order valence-electron chi connectivity index (χ2n) is 2.27. The molecular formula is C10H9FO. The number of hydrogen-bond donors (Lipinski definition) is 0. The highest BCUT2D eigenvalue weighted by atomic mass is 19.1. The van der Waals surface area contributed by atoms with Gasteiger partial charge in [0.2, 0.25) is 0 Å². The first kappa shape index (κ1) is 8.76. The molecule has 0 heterocycles. The summed E-state index contributed by atoms with van der Waals surface area (Å²) in [6, 6.07) is 9.30. The minimum absolute atomic E-state index is 0.462. The summed E-state index contributed by atoms with van der Waals surface area (Å²) in [7, 11) is 1.50. The standard InChI is InChI=1S/C10H9FO/c1-12-10(7-8-11)9-5-3-2-4-6-9/h2-6,10H,1H3. The van der Waals surface area contributed by atoms with Crippen molar-refractivity contribution in [2.45, 2.75) is 6.10 Å². The highest BCUT2D eigenvalue weighted by Crippen LogP contribution is 2.14. The van der Waals surface area contributed by atoms with Gasteiger partial charge in [-0.3, -0.25) is 0 Å². The van der Waals surface area contributed by atoms with E-state index in [2.05, 4.69) is 5.92 Å². The van der Waals surface area contributed by atoms with Crippen LogP contribution in [0.25, 0.3) is 0 Å². The van der Waals surface area contributed by atoms with E-state index < -0.39 is 6.10 Å². The lowest BCUT2D eigenvalue weighted by molar-refractivity contribution is 0.150. The molecule has 2 heteroatoms. The normalized spacial score (nSPS) is 11.5. The molecule has 0 amide bonds. The van der Waals surface area contributed by atoms with Crippen molar-refractivity contribution in [2.75, 3.05) is 7.11 Å². The summed E-state index contributed by atoms with van der Waals surface area (Å²) in [6.45, 7) is 0. The molecule has 0 fully saturated rings. The van der Waals surface area contributed by atoms with Crippen LogP contribution in [0.15, 0.2) is 30.3 Å². The average molecular weight is 164 g/mol. The summed E-state index contributed by atoms with van der Waals surface area (Å²) in [6.07, 6.45) is 0.880. The van der Waals surface area contributed by atoms with Crippen LogP contribution in [0.5, 0.6) is 0 Å². The molecule has 0 aromatic heterocycles. The number of ether oxygens (including phenoxy) is 1. The zero-order chi connectivity index (χ0) is 8.81. The molecule has 0 aliphatic rings. The van der Waals surface area contributed by atoms with Crippen molar-refractivity contribution in [3.63, 3.8) is 0 Å². The molecule has 1 nitrogen and oxygen atoms in total. The summed E-state index contributed by atoms with van der Waals surface area (Å²) < 4.78 is 16.6. The van der Waals surface area contributed by atoms with Gasteiger partial charge in [0, 0.05) is 7.11 Å². The monoisotopic (exact) mass is 164 g/mol. The van der Waals surface area contributed by atoms with Gasteiger partial charge >= 0.3 is 0 Å². The maximum absolute atomic E-state index is 11.7. The second kappa shape index (κ2) is 4.53. The predicted octanol–water partition coefficient (Wildman–Crippen LogP) is 2.30. The average Bonchev–Trinajstić information content (AvgIpc) is 2.15. The number of hydrogen-bond acceptors (Lipinski definition) is 1. The SMILES string of the molecule is COC(C#CF)c1ccccc1. The van der Waals surface area contributed by atoms with E-state index >= 15 is 0 Å². The summed E-state index contributed by atoms with van der Waals surface area (Å²) in [4.78, 5) is 0. The zero-order valence-corrected chi connectivity index (χ0v) is 6.75. The maximum atomic E-state index is 11.7. The Morgan fingerprint density at radius 3 is 2.50 bits per heavy atom. The van der Waals surface area contributed by atoms with Gasteiger partial charge in [0.05, 0.1) is 0 Å². The van der Waals surface area contributed by atoms with Gasteiger partial charge < -0.3 is 4.74 Å². The van der Waals surface area contributed by atoms with Crippen LogP contribution >= 0.6 is 0 Å². The predicted molar refractivity (Wildman–Crippen MR) is 45.1 cm³/mol. The Hall–Kier alpha value is -1.33. The van der Waals surface area contributed by atoms with E-state index in [1.165, 1.54) is 13.3 Å². The summed E-state index contributed by atoms with van der Waals surface area (Å²) in [5, 5.41) is 0. The minimum atomic E-state index is -0.462. The van der Waals surface area contributed by atoms with E-state index in [0.717, 1.165) is 5.56 Å². The van der Waals surface area contributed by atoms with Gasteiger partial charge in [-0.2, -0.15) is 0 Å². The summed E-state index contributed by atoms with van der Waals surface area (Å²) in [5.41, 5.74) is 0.866. The van der Waals surface area contributed by atoms with Crippen LogP contribution in [-0.2, 0) is 4.74 Å². The molecule has 0 aliphatic carbocycles. The molecule has 62 valence electrons. The fraction of sp³-hybridized carbons (Fsp3) is 0.200. The zero-order valence-electron chi connectivity index (χ0n) is 6.75. The van der Waals surface area contributed by atoms with Crippen LogP contribution in [0, 0.1) is 12.1 Å². The first-order valence-electron chi connectivity index (χ1n) is 3.57. The lowest BCUT2D eigenvalue weighted by atomic mass is 10.1. The van der Waals surface area contributed by atoms with Crippen molar-refractivity contribution in [3.8, 4) is 12.1 Å². The fourth-order valence-corrected chi connectivity index (χ4v) is 0.956. The molecule has 1 unspecified atom stereocenters. The Labute approximate surface area is 71.2 Å². The van der Waals surface area contributed by atoms with Crippen molar-refractivity contribution in [2.24, 2.45) is 0 Å². The quantitative estimate of drug-likeness (QED) is 0.609. The van der Waals surface area contributed by atoms with Crippen LogP contribution in [0.3, 0.4) is 0 Å². The van der Waals surface area contributed by atoms with Gasteiger partial charge in [0.1, 0.15) is 12.3 Å². The van der Waals surface area contributed by atoms with Gasteiger partial charge in [0.15, 0.2) is 0 Å². The lowest BCUT2D eigenvalue weighted by Crippen LogP contribution is -1.97. The highest BCUT2D eigenvalue weighted by molar-refractivity contribution is 5.24. The highest BCUT2D eigenvalue weighted by Gasteiger charge is 2.04.